The highest BCUT2D eigenvalue weighted by molar-refractivity contribution is 5.69. The monoisotopic (exact) mass is 347 g/mol. The number of benzene rings is 1. The van der Waals surface area contributed by atoms with Crippen LogP contribution in [0.4, 0.5) is 5.69 Å². The molecule has 0 amide bonds. The SMILES string of the molecule is CCc1cccc(OCCOC(=O)Cn2nc(C)c([N+](=O)[O-])c2C)c1. The standard InChI is InChI=1S/C17H21N3O5/c1-4-14-6-5-7-15(10-14)24-8-9-25-16(21)11-19-13(3)17(20(22)23)12(2)18-19/h5-7,10H,4,8-9,11H2,1-3H3. The number of esters is 1. The summed E-state index contributed by atoms with van der Waals surface area (Å²) in [5.41, 5.74) is 1.69. The third-order valence-electron chi connectivity index (χ3n) is 3.73. The number of carbonyl (C=O) groups excluding carboxylic acids is 1. The minimum absolute atomic E-state index is 0.0769. The van der Waals surface area contributed by atoms with Crippen LogP contribution in [0.3, 0.4) is 0 Å². The maximum absolute atomic E-state index is 11.9. The van der Waals surface area contributed by atoms with Crippen LogP contribution >= 0.6 is 0 Å². The van der Waals surface area contributed by atoms with Gasteiger partial charge in [-0.25, -0.2) is 0 Å². The summed E-state index contributed by atoms with van der Waals surface area (Å²) < 4.78 is 11.9. The van der Waals surface area contributed by atoms with E-state index < -0.39 is 10.9 Å². The molecule has 0 unspecified atom stereocenters. The van der Waals surface area contributed by atoms with E-state index in [2.05, 4.69) is 12.0 Å². The fourth-order valence-corrected chi connectivity index (χ4v) is 2.44. The van der Waals surface area contributed by atoms with Gasteiger partial charge in [0, 0.05) is 0 Å². The van der Waals surface area contributed by atoms with Crippen molar-refractivity contribution in [3.05, 3.63) is 51.3 Å². The summed E-state index contributed by atoms with van der Waals surface area (Å²) in [5.74, 6) is 0.205. The van der Waals surface area contributed by atoms with E-state index in [-0.39, 0.29) is 31.1 Å². The van der Waals surface area contributed by atoms with E-state index in [0.29, 0.717) is 5.69 Å². The summed E-state index contributed by atoms with van der Waals surface area (Å²) in [6, 6.07) is 7.71. The fraction of sp³-hybridized carbons (Fsp3) is 0.412. The van der Waals surface area contributed by atoms with Gasteiger partial charge in [0.25, 0.3) is 0 Å². The van der Waals surface area contributed by atoms with Gasteiger partial charge in [-0.15, -0.1) is 0 Å². The van der Waals surface area contributed by atoms with E-state index >= 15 is 0 Å². The second-order valence-corrected chi connectivity index (χ2v) is 5.50. The third-order valence-corrected chi connectivity index (χ3v) is 3.73. The van der Waals surface area contributed by atoms with Crippen molar-refractivity contribution in [1.82, 2.24) is 9.78 Å². The van der Waals surface area contributed by atoms with Crippen molar-refractivity contribution in [3.63, 3.8) is 0 Å². The van der Waals surface area contributed by atoms with E-state index in [1.54, 1.807) is 6.92 Å². The maximum Gasteiger partial charge on any atom is 0.327 e. The first kappa shape index (κ1) is 18.4. The average Bonchev–Trinajstić information content (AvgIpc) is 2.85. The molecule has 0 aliphatic heterocycles. The van der Waals surface area contributed by atoms with Gasteiger partial charge < -0.3 is 9.47 Å². The minimum atomic E-state index is -0.522. The Morgan fingerprint density at radius 3 is 2.72 bits per heavy atom. The zero-order valence-corrected chi connectivity index (χ0v) is 14.5. The molecule has 134 valence electrons. The molecule has 2 aromatic rings. The Hall–Kier alpha value is -2.90. The number of carbonyl (C=O) groups is 1. The Kier molecular flexibility index (Phi) is 6.10. The summed E-state index contributed by atoms with van der Waals surface area (Å²) in [6.45, 7) is 5.29. The predicted molar refractivity (Wildman–Crippen MR) is 90.6 cm³/mol. The molecule has 0 aliphatic rings. The van der Waals surface area contributed by atoms with Crippen molar-refractivity contribution < 1.29 is 19.2 Å². The molecule has 1 aromatic carbocycles. The third kappa shape index (κ3) is 4.79. The van der Waals surface area contributed by atoms with Crippen molar-refractivity contribution in [3.8, 4) is 5.75 Å². The molecule has 2 rings (SSSR count). The van der Waals surface area contributed by atoms with E-state index in [1.165, 1.54) is 17.2 Å². The van der Waals surface area contributed by atoms with Gasteiger partial charge in [0.05, 0.1) is 4.92 Å². The van der Waals surface area contributed by atoms with Crippen LogP contribution in [0, 0.1) is 24.0 Å². The molecule has 0 spiro atoms. The van der Waals surface area contributed by atoms with Gasteiger partial charge in [-0.2, -0.15) is 5.10 Å². The summed E-state index contributed by atoms with van der Waals surface area (Å²) >= 11 is 0. The topological polar surface area (TPSA) is 96.5 Å². The van der Waals surface area contributed by atoms with Crippen LogP contribution in [0.15, 0.2) is 24.3 Å². The lowest BCUT2D eigenvalue weighted by molar-refractivity contribution is -0.386. The highest BCUT2D eigenvalue weighted by Gasteiger charge is 2.22. The number of hydrogen-bond donors (Lipinski definition) is 0. The number of hydrogen-bond acceptors (Lipinski definition) is 6. The van der Waals surface area contributed by atoms with Gasteiger partial charge in [-0.3, -0.25) is 19.6 Å². The van der Waals surface area contributed by atoms with Gasteiger partial charge in [0.1, 0.15) is 36.9 Å². The molecule has 0 aliphatic carbocycles. The summed E-state index contributed by atoms with van der Waals surface area (Å²) in [5, 5.41) is 15.0. The van der Waals surface area contributed by atoms with Crippen LogP contribution in [-0.2, 0) is 22.5 Å². The number of nitro groups is 1. The summed E-state index contributed by atoms with van der Waals surface area (Å²) in [4.78, 5) is 22.3. The van der Waals surface area contributed by atoms with E-state index in [0.717, 1.165) is 12.2 Å². The molecule has 0 N–H and O–H groups in total. The van der Waals surface area contributed by atoms with E-state index in [1.807, 2.05) is 24.3 Å². The molecule has 1 heterocycles. The first-order chi connectivity index (χ1) is 11.9. The summed E-state index contributed by atoms with van der Waals surface area (Å²) in [6.07, 6.45) is 0.918. The van der Waals surface area contributed by atoms with Crippen molar-refractivity contribution in [2.75, 3.05) is 13.2 Å². The molecule has 8 nitrogen and oxygen atoms in total. The molecule has 0 atom stereocenters. The summed E-state index contributed by atoms with van der Waals surface area (Å²) in [7, 11) is 0. The largest absolute Gasteiger partial charge is 0.490 e. The number of rotatable bonds is 8. The molecule has 0 saturated carbocycles. The zero-order chi connectivity index (χ0) is 18.4. The number of ether oxygens (including phenoxy) is 2. The lowest BCUT2D eigenvalue weighted by atomic mass is 10.2. The lowest BCUT2D eigenvalue weighted by Gasteiger charge is -2.09. The lowest BCUT2D eigenvalue weighted by Crippen LogP contribution is -2.18. The second kappa shape index (κ2) is 8.27. The number of aromatic nitrogens is 2. The van der Waals surface area contributed by atoms with Crippen LogP contribution in [0.1, 0.15) is 23.9 Å². The molecular weight excluding hydrogens is 326 g/mol. The first-order valence-corrected chi connectivity index (χ1v) is 7.98. The predicted octanol–water partition coefficient (Wildman–Crippen LogP) is 2.59. The fourth-order valence-electron chi connectivity index (χ4n) is 2.44. The van der Waals surface area contributed by atoms with Crippen LogP contribution in [0.2, 0.25) is 0 Å². The maximum atomic E-state index is 11.9. The Morgan fingerprint density at radius 2 is 2.08 bits per heavy atom. The van der Waals surface area contributed by atoms with Crippen molar-refractivity contribution in [1.29, 1.82) is 0 Å². The smallest absolute Gasteiger partial charge is 0.327 e. The van der Waals surface area contributed by atoms with E-state index in [9.17, 15) is 14.9 Å². The second-order valence-electron chi connectivity index (χ2n) is 5.50. The average molecular weight is 347 g/mol. The number of aryl methyl sites for hydroxylation is 2. The Labute approximate surface area is 145 Å². The van der Waals surface area contributed by atoms with Crippen LogP contribution in [0.25, 0.3) is 0 Å². The highest BCUT2D eigenvalue weighted by atomic mass is 16.6. The van der Waals surface area contributed by atoms with Crippen LogP contribution < -0.4 is 4.74 Å². The molecule has 0 fully saturated rings. The van der Waals surface area contributed by atoms with Gasteiger partial charge in [-0.05, 0) is 38.0 Å². The Bertz CT molecular complexity index is 770. The first-order valence-electron chi connectivity index (χ1n) is 7.98. The molecule has 0 saturated heterocycles. The van der Waals surface area contributed by atoms with Gasteiger partial charge in [-0.1, -0.05) is 19.1 Å². The van der Waals surface area contributed by atoms with Gasteiger partial charge in [0.2, 0.25) is 0 Å². The molecule has 1 aromatic heterocycles. The number of nitrogens with zero attached hydrogens (tertiary/aromatic N) is 3. The van der Waals surface area contributed by atoms with Gasteiger partial charge in [0.15, 0.2) is 0 Å². The van der Waals surface area contributed by atoms with Crippen molar-refractivity contribution in [2.45, 2.75) is 33.7 Å². The van der Waals surface area contributed by atoms with Gasteiger partial charge >= 0.3 is 11.7 Å². The molecule has 0 bridgehead atoms. The zero-order valence-electron chi connectivity index (χ0n) is 14.5. The van der Waals surface area contributed by atoms with Crippen molar-refractivity contribution in [2.24, 2.45) is 0 Å². The Morgan fingerprint density at radius 1 is 1.32 bits per heavy atom. The Balaban J connectivity index is 1.81. The van der Waals surface area contributed by atoms with E-state index in [4.69, 9.17) is 9.47 Å². The van der Waals surface area contributed by atoms with Crippen LogP contribution in [0.5, 0.6) is 5.75 Å². The quantitative estimate of drug-likeness (QED) is 0.315. The highest BCUT2D eigenvalue weighted by Crippen LogP contribution is 2.21. The van der Waals surface area contributed by atoms with Crippen molar-refractivity contribution >= 4 is 11.7 Å². The molecular formula is C17H21N3O5. The molecule has 25 heavy (non-hydrogen) atoms. The minimum Gasteiger partial charge on any atom is -0.490 e. The van der Waals surface area contributed by atoms with Crippen LogP contribution in [-0.4, -0.2) is 33.9 Å². The molecule has 0 radical (unpaired) electrons. The normalized spacial score (nSPS) is 10.5. The molecule has 8 heteroatoms.